The van der Waals surface area contributed by atoms with E-state index < -0.39 is 17.2 Å². The lowest BCUT2D eigenvalue weighted by molar-refractivity contribution is -0.140. The van der Waals surface area contributed by atoms with Gasteiger partial charge in [0.2, 0.25) is 0 Å². The van der Waals surface area contributed by atoms with Crippen molar-refractivity contribution in [3.63, 3.8) is 0 Å². The van der Waals surface area contributed by atoms with Crippen molar-refractivity contribution < 1.29 is 24.8 Å². The summed E-state index contributed by atoms with van der Waals surface area (Å²) in [5, 5.41) is 22.8. The van der Waals surface area contributed by atoms with Crippen LogP contribution in [0.4, 0.5) is 4.79 Å². The van der Waals surface area contributed by atoms with E-state index in [2.05, 4.69) is 22.8 Å². The molecule has 0 unspecified atom stereocenters. The first-order chi connectivity index (χ1) is 16.6. The fourth-order valence-corrected chi connectivity index (χ4v) is 5.15. The number of aliphatic hydroxyl groups is 1. The fourth-order valence-electron chi connectivity index (χ4n) is 3.84. The number of ether oxygens (including phenoxy) is 1. The SMILES string of the molecule is C=CC[C@@](CO)(CCc1ccc(Sc2cc(C3CC3)ccc2OO)cc1Cl)NC(=O)OC(C)(C)C. The maximum Gasteiger partial charge on any atom is 0.408 e. The van der Waals surface area contributed by atoms with Crippen LogP contribution in [0.3, 0.4) is 0 Å². The molecular weight excluding hydrogens is 486 g/mol. The van der Waals surface area contributed by atoms with Gasteiger partial charge < -0.3 is 20.0 Å². The van der Waals surface area contributed by atoms with Gasteiger partial charge in [-0.3, -0.25) is 0 Å². The number of alkyl carbamates (subject to hydrolysis) is 1. The summed E-state index contributed by atoms with van der Waals surface area (Å²) in [6, 6.07) is 11.6. The van der Waals surface area contributed by atoms with Gasteiger partial charge in [-0.2, -0.15) is 0 Å². The van der Waals surface area contributed by atoms with Crippen LogP contribution in [-0.2, 0) is 11.2 Å². The van der Waals surface area contributed by atoms with Gasteiger partial charge in [0.25, 0.3) is 0 Å². The van der Waals surface area contributed by atoms with E-state index in [0.717, 1.165) is 15.4 Å². The summed E-state index contributed by atoms with van der Waals surface area (Å²) in [5.74, 6) is 0.995. The Labute approximate surface area is 216 Å². The monoisotopic (exact) mass is 519 g/mol. The Hall–Kier alpha value is -2.19. The first kappa shape index (κ1) is 27.4. The molecule has 1 aliphatic rings. The minimum atomic E-state index is -0.905. The van der Waals surface area contributed by atoms with Crippen LogP contribution in [0.5, 0.6) is 5.75 Å². The molecule has 1 atom stereocenters. The van der Waals surface area contributed by atoms with Crippen molar-refractivity contribution in [2.45, 2.75) is 79.7 Å². The third-order valence-electron chi connectivity index (χ3n) is 5.84. The van der Waals surface area contributed by atoms with E-state index in [9.17, 15) is 15.2 Å². The minimum absolute atomic E-state index is 0.259. The molecule has 1 saturated carbocycles. The number of hydrogen-bond acceptors (Lipinski definition) is 6. The molecule has 1 fully saturated rings. The minimum Gasteiger partial charge on any atom is -0.444 e. The standard InChI is InChI=1S/C27H34ClNO5S/c1-5-13-27(17-30,29-25(31)33-26(2,3)4)14-12-19-8-10-21(16-22(19)28)35-24-15-20(18-6-7-18)9-11-23(24)34-32/h5,8-11,15-16,18,30,32H,1,6-7,12-14,17H2,2-4H3,(H,29,31)/t27-/m0/s1. The molecule has 2 aromatic carbocycles. The van der Waals surface area contributed by atoms with Crippen molar-refractivity contribution >= 4 is 29.5 Å². The van der Waals surface area contributed by atoms with Crippen LogP contribution in [0.1, 0.15) is 63.5 Å². The molecule has 3 rings (SSSR count). The zero-order valence-corrected chi connectivity index (χ0v) is 22.0. The van der Waals surface area contributed by atoms with Gasteiger partial charge in [0, 0.05) is 9.92 Å². The normalized spacial score (nSPS) is 15.3. The zero-order chi connectivity index (χ0) is 25.6. The van der Waals surface area contributed by atoms with Crippen molar-refractivity contribution in [2.24, 2.45) is 0 Å². The van der Waals surface area contributed by atoms with E-state index >= 15 is 0 Å². The molecule has 0 spiro atoms. The van der Waals surface area contributed by atoms with Crippen LogP contribution in [-0.4, -0.2) is 34.2 Å². The van der Waals surface area contributed by atoms with Crippen molar-refractivity contribution in [1.29, 1.82) is 0 Å². The molecule has 1 amide bonds. The summed E-state index contributed by atoms with van der Waals surface area (Å²) in [5.41, 5.74) is 0.595. The molecule has 0 radical (unpaired) electrons. The van der Waals surface area contributed by atoms with E-state index in [-0.39, 0.29) is 6.61 Å². The third kappa shape index (κ3) is 7.90. The number of benzene rings is 2. The quantitative estimate of drug-likeness (QED) is 0.168. The second-order valence-corrected chi connectivity index (χ2v) is 11.5. The first-order valence-corrected chi connectivity index (χ1v) is 12.9. The summed E-state index contributed by atoms with van der Waals surface area (Å²) in [7, 11) is 0. The highest BCUT2D eigenvalue weighted by atomic mass is 35.5. The maximum atomic E-state index is 12.4. The van der Waals surface area contributed by atoms with E-state index in [1.807, 2.05) is 24.3 Å². The molecule has 190 valence electrons. The lowest BCUT2D eigenvalue weighted by Crippen LogP contribution is -2.52. The number of aryl methyl sites for hydroxylation is 1. The molecule has 0 bridgehead atoms. The van der Waals surface area contributed by atoms with Crippen molar-refractivity contribution in [2.75, 3.05) is 6.61 Å². The van der Waals surface area contributed by atoms with Crippen LogP contribution in [0.15, 0.2) is 58.8 Å². The topological polar surface area (TPSA) is 88.0 Å². The highest BCUT2D eigenvalue weighted by molar-refractivity contribution is 7.99. The zero-order valence-electron chi connectivity index (χ0n) is 20.5. The van der Waals surface area contributed by atoms with Crippen molar-refractivity contribution in [1.82, 2.24) is 5.32 Å². The van der Waals surface area contributed by atoms with Crippen LogP contribution in [0, 0.1) is 0 Å². The predicted molar refractivity (Wildman–Crippen MR) is 140 cm³/mol. The predicted octanol–water partition coefficient (Wildman–Crippen LogP) is 6.98. The van der Waals surface area contributed by atoms with Crippen LogP contribution in [0.2, 0.25) is 5.02 Å². The van der Waals surface area contributed by atoms with Gasteiger partial charge in [0.15, 0.2) is 5.75 Å². The molecule has 0 aromatic heterocycles. The van der Waals surface area contributed by atoms with Gasteiger partial charge in [-0.25, -0.2) is 10.1 Å². The maximum absolute atomic E-state index is 12.4. The largest absolute Gasteiger partial charge is 0.444 e. The number of rotatable bonds is 11. The van der Waals surface area contributed by atoms with Crippen molar-refractivity contribution in [3.8, 4) is 5.75 Å². The van der Waals surface area contributed by atoms with Gasteiger partial charge in [-0.1, -0.05) is 41.6 Å². The number of hydrogen-bond donors (Lipinski definition) is 3. The molecule has 3 N–H and O–H groups in total. The summed E-state index contributed by atoms with van der Waals surface area (Å²) in [4.78, 5) is 18.7. The number of amides is 1. The summed E-state index contributed by atoms with van der Waals surface area (Å²) < 4.78 is 5.38. The highest BCUT2D eigenvalue weighted by Crippen LogP contribution is 2.44. The molecule has 0 heterocycles. The molecule has 0 aliphatic heterocycles. The number of carbonyl (C=O) groups excluding carboxylic acids is 1. The highest BCUT2D eigenvalue weighted by Gasteiger charge is 2.32. The Kier molecular flexibility index (Phi) is 9.16. The average Bonchev–Trinajstić information content (AvgIpc) is 3.63. The number of carbonyl (C=O) groups is 1. The molecule has 35 heavy (non-hydrogen) atoms. The van der Waals surface area contributed by atoms with Crippen LogP contribution >= 0.6 is 23.4 Å². The Morgan fingerprint density at radius 1 is 1.26 bits per heavy atom. The molecule has 1 aliphatic carbocycles. The number of halogens is 1. The molecule has 6 nitrogen and oxygen atoms in total. The van der Waals surface area contributed by atoms with E-state index in [1.165, 1.54) is 30.2 Å². The Bertz CT molecular complexity index is 1050. The van der Waals surface area contributed by atoms with Gasteiger partial charge in [0.05, 0.1) is 17.0 Å². The molecule has 8 heteroatoms. The Balaban J connectivity index is 1.71. The van der Waals surface area contributed by atoms with Gasteiger partial charge >= 0.3 is 6.09 Å². The number of nitrogens with one attached hydrogen (secondary N) is 1. The Morgan fingerprint density at radius 3 is 2.57 bits per heavy atom. The third-order valence-corrected chi connectivity index (χ3v) is 7.22. The van der Waals surface area contributed by atoms with E-state index in [0.29, 0.717) is 36.0 Å². The summed E-state index contributed by atoms with van der Waals surface area (Å²) in [6.07, 6.45) is 4.84. The number of aliphatic hydroxyl groups excluding tert-OH is 1. The molecule has 2 aromatic rings. The van der Waals surface area contributed by atoms with E-state index in [4.69, 9.17) is 16.3 Å². The Morgan fingerprint density at radius 2 is 2.00 bits per heavy atom. The first-order valence-electron chi connectivity index (χ1n) is 11.7. The lowest BCUT2D eigenvalue weighted by atomic mass is 9.88. The van der Waals surface area contributed by atoms with Crippen LogP contribution < -0.4 is 10.2 Å². The van der Waals surface area contributed by atoms with Crippen LogP contribution in [0.25, 0.3) is 0 Å². The summed E-state index contributed by atoms with van der Waals surface area (Å²) >= 11 is 8.09. The second kappa shape index (κ2) is 11.7. The van der Waals surface area contributed by atoms with Gasteiger partial charge in [0.1, 0.15) is 5.60 Å². The lowest BCUT2D eigenvalue weighted by Gasteiger charge is -2.33. The van der Waals surface area contributed by atoms with Crippen molar-refractivity contribution in [3.05, 3.63) is 65.2 Å². The smallest absolute Gasteiger partial charge is 0.408 e. The van der Waals surface area contributed by atoms with E-state index in [1.54, 1.807) is 32.9 Å². The summed E-state index contributed by atoms with van der Waals surface area (Å²) in [6.45, 7) is 8.88. The van der Waals surface area contributed by atoms with Gasteiger partial charge in [-0.15, -0.1) is 6.58 Å². The average molecular weight is 520 g/mol. The van der Waals surface area contributed by atoms with Gasteiger partial charge in [-0.05, 0) is 94.2 Å². The second-order valence-electron chi connectivity index (χ2n) is 9.99. The molecule has 0 saturated heterocycles. The molecular formula is C27H34ClNO5S. The fraction of sp³-hybridized carbons (Fsp3) is 0.444.